The van der Waals surface area contributed by atoms with Gasteiger partial charge in [0.15, 0.2) is 0 Å². The number of nitrogens with zero attached hydrogens (tertiary/aromatic N) is 1. The number of nitrogens with one attached hydrogen (secondary N) is 1. The van der Waals surface area contributed by atoms with E-state index in [2.05, 4.69) is 28.5 Å². The Morgan fingerprint density at radius 3 is 2.88 bits per heavy atom. The van der Waals surface area contributed by atoms with Crippen LogP contribution in [0.1, 0.15) is 18.4 Å². The van der Waals surface area contributed by atoms with Gasteiger partial charge in [0, 0.05) is 25.3 Å². The van der Waals surface area contributed by atoms with Crippen LogP contribution >= 0.6 is 12.4 Å². The van der Waals surface area contributed by atoms with E-state index in [9.17, 15) is 0 Å². The number of anilines is 1. The molecule has 16 heavy (non-hydrogen) atoms. The van der Waals surface area contributed by atoms with Gasteiger partial charge >= 0.3 is 0 Å². The van der Waals surface area contributed by atoms with E-state index in [0.29, 0.717) is 6.54 Å². The van der Waals surface area contributed by atoms with E-state index in [1.54, 1.807) is 0 Å². The Morgan fingerprint density at radius 1 is 1.25 bits per heavy atom. The van der Waals surface area contributed by atoms with Gasteiger partial charge in [-0.3, -0.25) is 4.99 Å². The molecule has 88 valence electrons. The van der Waals surface area contributed by atoms with Crippen LogP contribution < -0.4 is 5.32 Å². The molecule has 0 bridgehead atoms. The lowest BCUT2D eigenvalue weighted by atomic mass is 10.0. The summed E-state index contributed by atoms with van der Waals surface area (Å²) >= 11 is 0. The van der Waals surface area contributed by atoms with E-state index in [0.717, 1.165) is 25.1 Å². The minimum Gasteiger partial charge on any atom is -0.396 e. The monoisotopic (exact) mass is 240 g/mol. The van der Waals surface area contributed by atoms with Gasteiger partial charge in [-0.1, -0.05) is 18.2 Å². The summed E-state index contributed by atoms with van der Waals surface area (Å²) < 4.78 is 0. The molecule has 0 radical (unpaired) electrons. The van der Waals surface area contributed by atoms with Gasteiger partial charge in [0.1, 0.15) is 5.84 Å². The normalized spacial score (nSPS) is 16.2. The molecule has 1 aliphatic heterocycles. The van der Waals surface area contributed by atoms with Crippen LogP contribution in [0, 0.1) is 0 Å². The number of aryl methyl sites for hydroxylation is 1. The molecular formula is C12H17ClN2O. The fourth-order valence-corrected chi connectivity index (χ4v) is 1.73. The predicted octanol–water partition coefficient (Wildman–Crippen LogP) is 2.25. The summed E-state index contributed by atoms with van der Waals surface area (Å²) in [5.41, 5.74) is 2.53. The number of rotatable bonds is 3. The molecule has 0 atom stereocenters. The van der Waals surface area contributed by atoms with Crippen LogP contribution in [0.3, 0.4) is 0 Å². The third-order valence-corrected chi connectivity index (χ3v) is 2.55. The lowest BCUT2D eigenvalue weighted by Gasteiger charge is -2.19. The number of benzene rings is 1. The first-order valence-electron chi connectivity index (χ1n) is 5.39. The first-order chi connectivity index (χ1) is 7.40. The minimum absolute atomic E-state index is 0. The Balaban J connectivity index is 0.00000128. The highest BCUT2D eigenvalue weighted by atomic mass is 35.5. The smallest absolute Gasteiger partial charge is 0.101 e. The Bertz CT molecular complexity index is 366. The topological polar surface area (TPSA) is 44.6 Å². The molecule has 0 fully saturated rings. The van der Waals surface area contributed by atoms with Crippen molar-refractivity contribution >= 4 is 23.9 Å². The highest BCUT2D eigenvalue weighted by Gasteiger charge is 2.11. The van der Waals surface area contributed by atoms with Gasteiger partial charge in [0.05, 0.1) is 0 Å². The molecule has 0 spiro atoms. The van der Waals surface area contributed by atoms with Crippen molar-refractivity contribution in [2.75, 3.05) is 18.5 Å². The number of halogens is 1. The molecule has 0 saturated carbocycles. The number of para-hydroxylation sites is 1. The van der Waals surface area contributed by atoms with Crippen molar-refractivity contribution in [3.05, 3.63) is 29.8 Å². The molecule has 1 aromatic rings. The largest absolute Gasteiger partial charge is 0.396 e. The summed E-state index contributed by atoms with van der Waals surface area (Å²) in [6.45, 7) is 0.925. The van der Waals surface area contributed by atoms with Gasteiger partial charge in [-0.15, -0.1) is 12.4 Å². The lowest BCUT2D eigenvalue weighted by Crippen LogP contribution is -2.19. The Kier molecular flexibility index (Phi) is 5.29. The van der Waals surface area contributed by atoms with Crippen molar-refractivity contribution in [3.8, 4) is 0 Å². The van der Waals surface area contributed by atoms with E-state index in [1.165, 1.54) is 11.3 Å². The fraction of sp³-hybridized carbons (Fsp3) is 0.417. The molecule has 2 rings (SSSR count). The van der Waals surface area contributed by atoms with Crippen LogP contribution in [0.25, 0.3) is 0 Å². The third-order valence-electron chi connectivity index (χ3n) is 2.55. The highest BCUT2D eigenvalue weighted by Crippen LogP contribution is 2.21. The van der Waals surface area contributed by atoms with Gasteiger partial charge in [0.25, 0.3) is 0 Å². The average molecular weight is 241 g/mol. The van der Waals surface area contributed by atoms with E-state index in [1.807, 2.05) is 6.07 Å². The predicted molar refractivity (Wildman–Crippen MR) is 69.6 cm³/mol. The molecule has 4 heteroatoms. The molecule has 0 saturated heterocycles. The number of aliphatic imine (C=N–C) groups is 1. The van der Waals surface area contributed by atoms with Crippen LogP contribution in [0.2, 0.25) is 0 Å². The first kappa shape index (κ1) is 13.0. The van der Waals surface area contributed by atoms with Gasteiger partial charge < -0.3 is 10.4 Å². The molecular weight excluding hydrogens is 224 g/mol. The second-order valence-corrected chi connectivity index (χ2v) is 3.69. The summed E-state index contributed by atoms with van der Waals surface area (Å²) in [5, 5.41) is 12.0. The van der Waals surface area contributed by atoms with E-state index >= 15 is 0 Å². The quantitative estimate of drug-likeness (QED) is 0.796. The Hall–Kier alpha value is -1.06. The highest BCUT2D eigenvalue weighted by molar-refractivity contribution is 5.98. The molecule has 1 aromatic carbocycles. The minimum atomic E-state index is 0. The standard InChI is InChI=1S/C12H16N2O.ClH/c15-9-3-8-13-12-7-6-10-4-1-2-5-11(10)14-12;/h1-2,4-5,15H,3,6-9H2,(H,13,14);1H. The Morgan fingerprint density at radius 2 is 2.06 bits per heavy atom. The lowest BCUT2D eigenvalue weighted by molar-refractivity contribution is 0.291. The van der Waals surface area contributed by atoms with Gasteiger partial charge in [-0.2, -0.15) is 0 Å². The molecule has 0 aliphatic carbocycles. The SMILES string of the molecule is Cl.OCCCN=C1CCc2ccccc2N1. The van der Waals surface area contributed by atoms with Gasteiger partial charge in [0.2, 0.25) is 0 Å². The molecule has 1 aliphatic rings. The maximum atomic E-state index is 8.66. The summed E-state index contributed by atoms with van der Waals surface area (Å²) in [5.74, 6) is 1.04. The van der Waals surface area contributed by atoms with Crippen molar-refractivity contribution in [2.24, 2.45) is 4.99 Å². The van der Waals surface area contributed by atoms with Crippen molar-refractivity contribution in [2.45, 2.75) is 19.3 Å². The van der Waals surface area contributed by atoms with Crippen LogP contribution in [0.15, 0.2) is 29.3 Å². The summed E-state index contributed by atoms with van der Waals surface area (Å²) in [6.07, 6.45) is 2.77. The zero-order chi connectivity index (χ0) is 10.5. The van der Waals surface area contributed by atoms with Crippen molar-refractivity contribution in [1.29, 1.82) is 0 Å². The molecule has 0 amide bonds. The second-order valence-electron chi connectivity index (χ2n) is 3.69. The summed E-state index contributed by atoms with van der Waals surface area (Å²) in [6, 6.07) is 8.32. The van der Waals surface area contributed by atoms with Gasteiger partial charge in [-0.05, 0) is 24.5 Å². The molecule has 1 heterocycles. The molecule has 0 aromatic heterocycles. The number of hydrogen-bond donors (Lipinski definition) is 2. The van der Waals surface area contributed by atoms with Crippen molar-refractivity contribution < 1.29 is 5.11 Å². The van der Waals surface area contributed by atoms with E-state index < -0.39 is 0 Å². The third kappa shape index (κ3) is 3.22. The fourth-order valence-electron chi connectivity index (χ4n) is 1.73. The maximum Gasteiger partial charge on any atom is 0.101 e. The van der Waals surface area contributed by atoms with Crippen LogP contribution in [0.5, 0.6) is 0 Å². The van der Waals surface area contributed by atoms with E-state index in [4.69, 9.17) is 5.11 Å². The Labute approximate surface area is 102 Å². The van der Waals surface area contributed by atoms with Crippen LogP contribution in [0.4, 0.5) is 5.69 Å². The zero-order valence-electron chi connectivity index (χ0n) is 9.15. The number of hydrogen-bond acceptors (Lipinski definition) is 2. The van der Waals surface area contributed by atoms with E-state index in [-0.39, 0.29) is 19.0 Å². The first-order valence-corrected chi connectivity index (χ1v) is 5.39. The maximum absolute atomic E-state index is 8.66. The van der Waals surface area contributed by atoms with Crippen molar-refractivity contribution in [3.63, 3.8) is 0 Å². The number of aliphatic hydroxyl groups is 1. The number of aliphatic hydroxyl groups excluding tert-OH is 1. The summed E-state index contributed by atoms with van der Waals surface area (Å²) in [7, 11) is 0. The van der Waals surface area contributed by atoms with Crippen LogP contribution in [-0.2, 0) is 6.42 Å². The zero-order valence-corrected chi connectivity index (χ0v) is 9.96. The number of fused-ring (bicyclic) bond motifs is 1. The molecule has 2 N–H and O–H groups in total. The molecule has 3 nitrogen and oxygen atoms in total. The van der Waals surface area contributed by atoms with Crippen LogP contribution in [-0.4, -0.2) is 24.1 Å². The average Bonchev–Trinajstić information content (AvgIpc) is 2.29. The van der Waals surface area contributed by atoms with Crippen molar-refractivity contribution in [1.82, 2.24) is 0 Å². The number of amidine groups is 1. The summed E-state index contributed by atoms with van der Waals surface area (Å²) in [4.78, 5) is 4.42. The molecule has 0 unspecified atom stereocenters. The second kappa shape index (κ2) is 6.51. The van der Waals surface area contributed by atoms with Gasteiger partial charge in [-0.25, -0.2) is 0 Å².